The second-order valence-corrected chi connectivity index (χ2v) is 9.15. The summed E-state index contributed by atoms with van der Waals surface area (Å²) in [6.45, 7) is 4.36. The van der Waals surface area contributed by atoms with Crippen molar-refractivity contribution in [3.63, 3.8) is 0 Å². The van der Waals surface area contributed by atoms with Crippen molar-refractivity contribution in [2.45, 2.75) is 31.1 Å². The number of piperidine rings is 1. The molecule has 0 bridgehead atoms. The molecule has 9 heteroatoms. The lowest BCUT2D eigenvalue weighted by Gasteiger charge is -2.30. The molecule has 1 aliphatic heterocycles. The maximum absolute atomic E-state index is 12.9. The summed E-state index contributed by atoms with van der Waals surface area (Å²) >= 11 is 0. The van der Waals surface area contributed by atoms with Gasteiger partial charge in [-0.25, -0.2) is 8.42 Å². The predicted octanol–water partition coefficient (Wildman–Crippen LogP) is 3.08. The standard InChI is InChI=1S/C20H26N4O4S/c1-15-5-3-11-24(14-15)29(25,26)17-8-6-16(7-9-17)19-23-18(13-21)20(28-19)22-10-4-12-27-2/h6-9,15,22H,3-5,10-12,14H2,1-2H3/t15-/m1/s1. The first kappa shape index (κ1) is 21.3. The molecule has 0 unspecified atom stereocenters. The van der Waals surface area contributed by atoms with E-state index in [2.05, 4.69) is 17.2 Å². The van der Waals surface area contributed by atoms with Crippen molar-refractivity contribution in [2.75, 3.05) is 38.7 Å². The number of ether oxygens (including phenoxy) is 1. The van der Waals surface area contributed by atoms with Gasteiger partial charge >= 0.3 is 0 Å². The second kappa shape index (κ2) is 9.39. The Morgan fingerprint density at radius 3 is 2.79 bits per heavy atom. The molecule has 0 spiro atoms. The van der Waals surface area contributed by atoms with Crippen LogP contribution in [-0.4, -0.2) is 51.1 Å². The summed E-state index contributed by atoms with van der Waals surface area (Å²) in [4.78, 5) is 4.46. The molecular formula is C20H26N4O4S. The summed E-state index contributed by atoms with van der Waals surface area (Å²) < 4.78 is 38.0. The molecule has 2 aromatic rings. The zero-order valence-corrected chi connectivity index (χ0v) is 17.5. The number of anilines is 1. The van der Waals surface area contributed by atoms with Crippen molar-refractivity contribution < 1.29 is 17.6 Å². The molecule has 1 aromatic heterocycles. The summed E-state index contributed by atoms with van der Waals surface area (Å²) in [6.07, 6.45) is 2.70. The molecule has 0 saturated carbocycles. The zero-order chi connectivity index (χ0) is 20.9. The Morgan fingerprint density at radius 1 is 1.38 bits per heavy atom. The molecule has 1 N–H and O–H groups in total. The van der Waals surface area contributed by atoms with Crippen LogP contribution in [0.1, 0.15) is 31.9 Å². The van der Waals surface area contributed by atoms with Crippen LogP contribution < -0.4 is 5.32 Å². The smallest absolute Gasteiger partial charge is 0.243 e. The molecule has 3 rings (SSSR count). The molecule has 0 radical (unpaired) electrons. The van der Waals surface area contributed by atoms with Gasteiger partial charge in [-0.15, -0.1) is 0 Å². The van der Waals surface area contributed by atoms with Gasteiger partial charge < -0.3 is 14.5 Å². The molecule has 0 amide bonds. The van der Waals surface area contributed by atoms with E-state index < -0.39 is 10.0 Å². The van der Waals surface area contributed by atoms with Gasteiger partial charge in [-0.1, -0.05) is 6.92 Å². The minimum Gasteiger partial charge on any atom is -0.419 e. The molecule has 1 aromatic carbocycles. The fraction of sp³-hybridized carbons (Fsp3) is 0.500. The van der Waals surface area contributed by atoms with E-state index in [9.17, 15) is 13.7 Å². The average molecular weight is 419 g/mol. The van der Waals surface area contributed by atoms with E-state index in [1.807, 2.05) is 6.07 Å². The lowest BCUT2D eigenvalue weighted by molar-refractivity contribution is 0.197. The van der Waals surface area contributed by atoms with Crippen molar-refractivity contribution >= 4 is 15.9 Å². The number of nitrogens with zero attached hydrogens (tertiary/aromatic N) is 3. The van der Waals surface area contributed by atoms with E-state index >= 15 is 0 Å². The normalized spacial score (nSPS) is 17.8. The van der Waals surface area contributed by atoms with E-state index in [1.54, 1.807) is 35.7 Å². The van der Waals surface area contributed by atoms with Crippen LogP contribution >= 0.6 is 0 Å². The second-order valence-electron chi connectivity index (χ2n) is 7.22. The first-order valence-corrected chi connectivity index (χ1v) is 11.1. The highest BCUT2D eigenvalue weighted by molar-refractivity contribution is 7.89. The number of oxazole rings is 1. The number of sulfonamides is 1. The van der Waals surface area contributed by atoms with Crippen LogP contribution in [0.2, 0.25) is 0 Å². The SMILES string of the molecule is COCCCNc1oc(-c2ccc(S(=O)(=O)N3CCC[C@@H](C)C3)cc2)nc1C#N. The van der Waals surface area contributed by atoms with Gasteiger partial charge in [0.05, 0.1) is 4.90 Å². The van der Waals surface area contributed by atoms with Crippen LogP contribution in [-0.2, 0) is 14.8 Å². The van der Waals surface area contributed by atoms with Crippen LogP contribution in [0.5, 0.6) is 0 Å². The fourth-order valence-corrected chi connectivity index (χ4v) is 4.94. The quantitative estimate of drug-likeness (QED) is 0.656. The molecule has 1 fully saturated rings. The molecule has 0 aliphatic carbocycles. The van der Waals surface area contributed by atoms with Crippen LogP contribution in [0, 0.1) is 17.2 Å². The van der Waals surface area contributed by atoms with Gasteiger partial charge in [0.15, 0.2) is 0 Å². The van der Waals surface area contributed by atoms with Gasteiger partial charge in [0.1, 0.15) is 6.07 Å². The number of nitrogens with one attached hydrogen (secondary N) is 1. The number of methoxy groups -OCH3 is 1. The van der Waals surface area contributed by atoms with Crippen LogP contribution in [0.15, 0.2) is 33.6 Å². The Labute approximate surface area is 171 Å². The number of rotatable bonds is 8. The first-order chi connectivity index (χ1) is 14.0. The van der Waals surface area contributed by atoms with Gasteiger partial charge in [0, 0.05) is 38.9 Å². The van der Waals surface area contributed by atoms with Crippen LogP contribution in [0.3, 0.4) is 0 Å². The molecule has 1 aliphatic rings. The van der Waals surface area contributed by atoms with Crippen molar-refractivity contribution in [1.29, 1.82) is 5.26 Å². The first-order valence-electron chi connectivity index (χ1n) is 9.70. The third kappa shape index (κ3) is 4.96. The average Bonchev–Trinajstić information content (AvgIpc) is 3.14. The lowest BCUT2D eigenvalue weighted by atomic mass is 10.0. The molecule has 29 heavy (non-hydrogen) atoms. The Balaban J connectivity index is 1.76. The van der Waals surface area contributed by atoms with Crippen LogP contribution in [0.4, 0.5) is 5.88 Å². The van der Waals surface area contributed by atoms with E-state index in [0.29, 0.717) is 43.6 Å². The number of hydrogen-bond donors (Lipinski definition) is 1. The Kier molecular flexibility index (Phi) is 6.90. The lowest BCUT2D eigenvalue weighted by Crippen LogP contribution is -2.39. The number of aromatic nitrogens is 1. The molecular weight excluding hydrogens is 392 g/mol. The van der Waals surface area contributed by atoms with Crippen molar-refractivity contribution in [1.82, 2.24) is 9.29 Å². The highest BCUT2D eigenvalue weighted by Crippen LogP contribution is 2.28. The summed E-state index contributed by atoms with van der Waals surface area (Å²) in [6, 6.07) is 8.44. The van der Waals surface area contributed by atoms with E-state index in [1.165, 1.54) is 0 Å². The monoisotopic (exact) mass is 418 g/mol. The predicted molar refractivity (Wildman–Crippen MR) is 109 cm³/mol. The summed E-state index contributed by atoms with van der Waals surface area (Å²) in [5.41, 5.74) is 0.772. The van der Waals surface area contributed by atoms with E-state index in [0.717, 1.165) is 19.3 Å². The Hall–Kier alpha value is -2.41. The van der Waals surface area contributed by atoms with Crippen LogP contribution in [0.25, 0.3) is 11.5 Å². The number of hydrogen-bond acceptors (Lipinski definition) is 7. The summed E-state index contributed by atoms with van der Waals surface area (Å²) in [5, 5.41) is 12.3. The van der Waals surface area contributed by atoms with Crippen molar-refractivity contribution in [2.24, 2.45) is 5.92 Å². The summed E-state index contributed by atoms with van der Waals surface area (Å²) in [5.74, 6) is 0.938. The third-order valence-electron chi connectivity index (χ3n) is 4.90. The van der Waals surface area contributed by atoms with E-state index in [-0.39, 0.29) is 16.5 Å². The molecule has 2 heterocycles. The molecule has 1 atom stereocenters. The number of nitriles is 1. The topological polar surface area (TPSA) is 108 Å². The molecule has 156 valence electrons. The summed E-state index contributed by atoms with van der Waals surface area (Å²) in [7, 11) is -1.89. The maximum Gasteiger partial charge on any atom is 0.243 e. The van der Waals surface area contributed by atoms with Gasteiger partial charge in [0.25, 0.3) is 0 Å². The fourth-order valence-electron chi connectivity index (χ4n) is 3.34. The van der Waals surface area contributed by atoms with Gasteiger partial charge in [0.2, 0.25) is 27.5 Å². The Morgan fingerprint density at radius 2 is 2.14 bits per heavy atom. The minimum absolute atomic E-state index is 0.163. The van der Waals surface area contributed by atoms with Gasteiger partial charge in [-0.3, -0.25) is 0 Å². The minimum atomic E-state index is -3.51. The molecule has 1 saturated heterocycles. The maximum atomic E-state index is 12.9. The van der Waals surface area contributed by atoms with E-state index in [4.69, 9.17) is 9.15 Å². The third-order valence-corrected chi connectivity index (χ3v) is 6.78. The van der Waals surface area contributed by atoms with Gasteiger partial charge in [-0.2, -0.15) is 14.6 Å². The number of benzene rings is 1. The molecule has 8 nitrogen and oxygen atoms in total. The highest BCUT2D eigenvalue weighted by atomic mass is 32.2. The van der Waals surface area contributed by atoms with Gasteiger partial charge in [-0.05, 0) is 49.4 Å². The largest absolute Gasteiger partial charge is 0.419 e. The Bertz CT molecular complexity index is 963. The van der Waals surface area contributed by atoms with Crippen molar-refractivity contribution in [3.8, 4) is 17.5 Å². The van der Waals surface area contributed by atoms with Crippen molar-refractivity contribution in [3.05, 3.63) is 30.0 Å². The highest BCUT2D eigenvalue weighted by Gasteiger charge is 2.28. The zero-order valence-electron chi connectivity index (χ0n) is 16.7.